The fraction of sp³-hybridized carbons (Fsp3) is 0.417. The maximum Gasteiger partial charge on any atom is 0.0995 e. The van der Waals surface area contributed by atoms with Gasteiger partial charge in [0.05, 0.1) is 23.8 Å². The normalized spacial score (nSPS) is 14.1. The van der Waals surface area contributed by atoms with Crippen molar-refractivity contribution < 1.29 is 10.2 Å². The third-order valence-electron chi connectivity index (χ3n) is 2.30. The second-order valence-electron chi connectivity index (χ2n) is 4.03. The van der Waals surface area contributed by atoms with Gasteiger partial charge < -0.3 is 15.5 Å². The molecule has 0 aromatic heterocycles. The Kier molecular flexibility index (Phi) is 4.44. The van der Waals surface area contributed by atoms with E-state index in [4.69, 9.17) is 10.4 Å². The molecule has 0 fully saturated rings. The Labute approximate surface area is 95.2 Å². The van der Waals surface area contributed by atoms with Gasteiger partial charge >= 0.3 is 0 Å². The maximum absolute atomic E-state index is 9.55. The van der Waals surface area contributed by atoms with E-state index in [-0.39, 0.29) is 13.2 Å². The molecule has 4 heteroatoms. The molecular weight excluding hydrogens is 204 g/mol. The number of rotatable bonds is 5. The summed E-state index contributed by atoms with van der Waals surface area (Å²) in [7, 11) is 0. The quantitative estimate of drug-likeness (QED) is 0.671. The zero-order valence-corrected chi connectivity index (χ0v) is 9.27. The predicted molar refractivity (Wildman–Crippen MR) is 60.6 cm³/mol. The molecule has 0 saturated heterocycles. The molecule has 0 amide bonds. The van der Waals surface area contributed by atoms with Gasteiger partial charge in [-0.05, 0) is 18.6 Å². The van der Waals surface area contributed by atoms with Gasteiger partial charge in [0.15, 0.2) is 0 Å². The highest BCUT2D eigenvalue weighted by Crippen LogP contribution is 2.07. The fourth-order valence-corrected chi connectivity index (χ4v) is 1.31. The second kappa shape index (κ2) is 5.61. The minimum atomic E-state index is -1.12. The summed E-state index contributed by atoms with van der Waals surface area (Å²) in [5.74, 6) is 0. The smallest absolute Gasteiger partial charge is 0.0995 e. The van der Waals surface area contributed by atoms with E-state index in [1.54, 1.807) is 13.0 Å². The molecule has 1 aromatic rings. The van der Waals surface area contributed by atoms with Crippen LogP contribution in [0.15, 0.2) is 24.3 Å². The zero-order valence-electron chi connectivity index (χ0n) is 9.27. The van der Waals surface area contributed by atoms with Crippen LogP contribution < -0.4 is 5.32 Å². The summed E-state index contributed by atoms with van der Waals surface area (Å²) >= 11 is 0. The van der Waals surface area contributed by atoms with Gasteiger partial charge in [-0.25, -0.2) is 0 Å². The van der Waals surface area contributed by atoms with Crippen molar-refractivity contribution >= 4 is 0 Å². The van der Waals surface area contributed by atoms with Crippen molar-refractivity contribution in [1.82, 2.24) is 5.32 Å². The molecule has 0 aliphatic rings. The molecule has 0 spiro atoms. The summed E-state index contributed by atoms with van der Waals surface area (Å²) in [5.41, 5.74) is 0.388. The lowest BCUT2D eigenvalue weighted by Gasteiger charge is -2.20. The van der Waals surface area contributed by atoms with E-state index >= 15 is 0 Å². The lowest BCUT2D eigenvalue weighted by atomic mass is 10.1. The van der Waals surface area contributed by atoms with Crippen molar-refractivity contribution in [2.24, 2.45) is 0 Å². The molecule has 86 valence electrons. The van der Waals surface area contributed by atoms with Gasteiger partial charge in [0.25, 0.3) is 0 Å². The van der Waals surface area contributed by atoms with Crippen molar-refractivity contribution in [3.05, 3.63) is 35.4 Å². The number of hydrogen-bond donors (Lipinski definition) is 3. The number of hydrogen-bond acceptors (Lipinski definition) is 4. The molecular formula is C12H16N2O2. The van der Waals surface area contributed by atoms with Crippen LogP contribution in [0.1, 0.15) is 18.1 Å². The topological polar surface area (TPSA) is 76.3 Å². The van der Waals surface area contributed by atoms with Crippen molar-refractivity contribution in [2.45, 2.75) is 19.1 Å². The van der Waals surface area contributed by atoms with Crippen molar-refractivity contribution in [1.29, 1.82) is 5.26 Å². The van der Waals surface area contributed by atoms with Crippen molar-refractivity contribution in [2.75, 3.05) is 13.2 Å². The SMILES string of the molecule is CC(O)(CO)CNCc1ccccc1C#N. The molecule has 1 atom stereocenters. The van der Waals surface area contributed by atoms with Crippen LogP contribution in [0.3, 0.4) is 0 Å². The predicted octanol–water partition coefficient (Wildman–Crippen LogP) is 0.391. The van der Waals surface area contributed by atoms with E-state index < -0.39 is 5.60 Å². The molecule has 0 aliphatic heterocycles. The first-order chi connectivity index (χ1) is 7.59. The summed E-state index contributed by atoms with van der Waals surface area (Å²) in [5, 5.41) is 30.3. The first-order valence-electron chi connectivity index (χ1n) is 5.11. The van der Waals surface area contributed by atoms with E-state index in [2.05, 4.69) is 11.4 Å². The highest BCUT2D eigenvalue weighted by Gasteiger charge is 2.17. The zero-order chi connectivity index (χ0) is 12.0. The minimum Gasteiger partial charge on any atom is -0.393 e. The van der Waals surface area contributed by atoms with Gasteiger partial charge in [-0.2, -0.15) is 5.26 Å². The lowest BCUT2D eigenvalue weighted by molar-refractivity contribution is 0.00253. The maximum atomic E-state index is 9.55. The largest absolute Gasteiger partial charge is 0.393 e. The first kappa shape index (κ1) is 12.7. The van der Waals surface area contributed by atoms with Crippen LogP contribution >= 0.6 is 0 Å². The van der Waals surface area contributed by atoms with Gasteiger partial charge in [0, 0.05) is 13.1 Å². The Morgan fingerprint density at radius 2 is 2.12 bits per heavy atom. The molecule has 0 bridgehead atoms. The van der Waals surface area contributed by atoms with Gasteiger partial charge in [0.2, 0.25) is 0 Å². The van der Waals surface area contributed by atoms with Crippen molar-refractivity contribution in [3.63, 3.8) is 0 Å². The molecule has 1 aromatic carbocycles. The number of nitrogens with zero attached hydrogens (tertiary/aromatic N) is 1. The monoisotopic (exact) mass is 220 g/mol. The van der Waals surface area contributed by atoms with Crippen LogP contribution in [0.25, 0.3) is 0 Å². The standard InChI is InChI=1S/C12H16N2O2/c1-12(16,9-15)8-14-7-11-5-3-2-4-10(11)6-13/h2-5,14-16H,7-9H2,1H3. The number of aliphatic hydroxyl groups excluding tert-OH is 1. The third kappa shape index (κ3) is 3.63. The molecule has 1 unspecified atom stereocenters. The highest BCUT2D eigenvalue weighted by atomic mass is 16.3. The Morgan fingerprint density at radius 1 is 1.44 bits per heavy atom. The van der Waals surface area contributed by atoms with Crippen LogP contribution in [-0.2, 0) is 6.54 Å². The number of aliphatic hydroxyl groups is 2. The Balaban J connectivity index is 2.53. The molecule has 4 nitrogen and oxygen atoms in total. The van der Waals surface area contributed by atoms with Crippen LogP contribution in [0, 0.1) is 11.3 Å². The summed E-state index contributed by atoms with van der Waals surface area (Å²) < 4.78 is 0. The summed E-state index contributed by atoms with van der Waals surface area (Å²) in [6.45, 7) is 2.04. The van der Waals surface area contributed by atoms with Gasteiger partial charge in [0.1, 0.15) is 0 Å². The van der Waals surface area contributed by atoms with Crippen molar-refractivity contribution in [3.8, 4) is 6.07 Å². The van der Waals surface area contributed by atoms with Gasteiger partial charge in [-0.3, -0.25) is 0 Å². The van der Waals surface area contributed by atoms with Crippen LogP contribution in [-0.4, -0.2) is 29.0 Å². The molecule has 1 rings (SSSR count). The van der Waals surface area contributed by atoms with Gasteiger partial charge in [-0.1, -0.05) is 18.2 Å². The molecule has 0 heterocycles. The minimum absolute atomic E-state index is 0.281. The Hall–Kier alpha value is -1.41. The number of nitrogens with one attached hydrogen (secondary N) is 1. The van der Waals surface area contributed by atoms with Crippen LogP contribution in [0.4, 0.5) is 0 Å². The molecule has 3 N–H and O–H groups in total. The van der Waals surface area contributed by atoms with Crippen LogP contribution in [0.2, 0.25) is 0 Å². The van der Waals surface area contributed by atoms with E-state index in [1.165, 1.54) is 0 Å². The lowest BCUT2D eigenvalue weighted by Crippen LogP contribution is -2.40. The molecule has 0 aliphatic carbocycles. The average Bonchev–Trinajstić information content (AvgIpc) is 2.29. The number of nitriles is 1. The van der Waals surface area contributed by atoms with E-state index in [0.29, 0.717) is 12.1 Å². The van der Waals surface area contributed by atoms with E-state index in [0.717, 1.165) is 5.56 Å². The Morgan fingerprint density at radius 3 is 2.75 bits per heavy atom. The summed E-state index contributed by atoms with van der Waals surface area (Å²) in [6.07, 6.45) is 0. The second-order valence-corrected chi connectivity index (χ2v) is 4.03. The molecule has 16 heavy (non-hydrogen) atoms. The van der Waals surface area contributed by atoms with Gasteiger partial charge in [-0.15, -0.1) is 0 Å². The molecule has 0 saturated carbocycles. The average molecular weight is 220 g/mol. The molecule has 0 radical (unpaired) electrons. The third-order valence-corrected chi connectivity index (χ3v) is 2.30. The Bertz CT molecular complexity index is 383. The fourth-order valence-electron chi connectivity index (χ4n) is 1.31. The van der Waals surface area contributed by atoms with Crippen LogP contribution in [0.5, 0.6) is 0 Å². The highest BCUT2D eigenvalue weighted by molar-refractivity contribution is 5.37. The van der Waals surface area contributed by atoms with E-state index in [1.807, 2.05) is 18.2 Å². The van der Waals surface area contributed by atoms with E-state index in [9.17, 15) is 5.11 Å². The summed E-state index contributed by atoms with van der Waals surface area (Å²) in [4.78, 5) is 0. The first-order valence-corrected chi connectivity index (χ1v) is 5.11. The number of benzene rings is 1. The summed E-state index contributed by atoms with van der Waals surface area (Å²) in [6, 6.07) is 9.39.